The van der Waals surface area contributed by atoms with Crippen LogP contribution in [0.4, 0.5) is 10.9 Å². The fourth-order valence-electron chi connectivity index (χ4n) is 2.67. The van der Waals surface area contributed by atoms with Gasteiger partial charge in [0, 0.05) is 10.9 Å². The number of nitrogens with one attached hydrogen (secondary N) is 1. The van der Waals surface area contributed by atoms with Crippen LogP contribution in [-0.4, -0.2) is 16.2 Å². The molecular weight excluding hydrogens is 422 g/mol. The van der Waals surface area contributed by atoms with Crippen LogP contribution in [0.25, 0.3) is 11.5 Å². The van der Waals surface area contributed by atoms with Gasteiger partial charge in [-0.1, -0.05) is 35.9 Å². The summed E-state index contributed by atoms with van der Waals surface area (Å²) in [6.07, 6.45) is 1.66. The molecule has 0 saturated heterocycles. The van der Waals surface area contributed by atoms with Crippen molar-refractivity contribution in [2.24, 2.45) is 5.10 Å². The Labute approximate surface area is 182 Å². The van der Waals surface area contributed by atoms with Crippen LogP contribution in [0, 0.1) is 6.92 Å². The number of benzene rings is 2. The predicted octanol–water partition coefficient (Wildman–Crippen LogP) is 5.37. The van der Waals surface area contributed by atoms with Gasteiger partial charge in [0.25, 0.3) is 0 Å². The highest BCUT2D eigenvalue weighted by Crippen LogP contribution is 2.29. The summed E-state index contributed by atoms with van der Waals surface area (Å²) in [5.74, 6) is 2.28. The van der Waals surface area contributed by atoms with Gasteiger partial charge in [-0.15, -0.1) is 11.3 Å². The van der Waals surface area contributed by atoms with Gasteiger partial charge in [0.15, 0.2) is 0 Å². The van der Waals surface area contributed by atoms with E-state index >= 15 is 0 Å². The number of nitrogens with two attached hydrogens (primary N) is 1. The average molecular weight is 440 g/mol. The molecule has 0 fully saturated rings. The van der Waals surface area contributed by atoms with Crippen molar-refractivity contribution in [3.63, 3.8) is 0 Å². The molecule has 3 N–H and O–H groups in total. The molecule has 7 nitrogen and oxygen atoms in total. The van der Waals surface area contributed by atoms with Crippen LogP contribution >= 0.6 is 22.9 Å². The number of oxazole rings is 1. The van der Waals surface area contributed by atoms with Crippen LogP contribution in [0.1, 0.15) is 17.0 Å². The van der Waals surface area contributed by atoms with E-state index < -0.39 is 0 Å². The van der Waals surface area contributed by atoms with Crippen LogP contribution < -0.4 is 15.9 Å². The minimum atomic E-state index is 0.251. The lowest BCUT2D eigenvalue weighted by molar-refractivity contribution is 0.299. The Kier molecular flexibility index (Phi) is 5.97. The first kappa shape index (κ1) is 19.9. The zero-order valence-corrected chi connectivity index (χ0v) is 17.6. The maximum absolute atomic E-state index is 6.25. The Morgan fingerprint density at radius 1 is 1.20 bits per heavy atom. The summed E-state index contributed by atoms with van der Waals surface area (Å²) < 4.78 is 11.8. The molecule has 0 aliphatic carbocycles. The fraction of sp³-hybridized carbons (Fsp3) is 0.0952. The molecule has 2 aromatic carbocycles. The molecule has 0 aliphatic rings. The van der Waals surface area contributed by atoms with Gasteiger partial charge in [0.1, 0.15) is 29.6 Å². The Morgan fingerprint density at radius 2 is 2.00 bits per heavy atom. The average Bonchev–Trinajstić information content (AvgIpc) is 3.32. The topological polar surface area (TPSA) is 98.6 Å². The lowest BCUT2D eigenvalue weighted by Crippen LogP contribution is -2.00. The maximum Gasteiger partial charge on any atom is 0.228 e. The minimum absolute atomic E-state index is 0.251. The molecule has 0 saturated carbocycles. The lowest BCUT2D eigenvalue weighted by atomic mass is 10.2. The highest BCUT2D eigenvalue weighted by Gasteiger charge is 2.14. The molecule has 0 spiro atoms. The number of para-hydroxylation sites is 1. The third-order valence-corrected chi connectivity index (χ3v) is 5.26. The van der Waals surface area contributed by atoms with Crippen LogP contribution in [0.2, 0.25) is 5.02 Å². The summed E-state index contributed by atoms with van der Waals surface area (Å²) >= 11 is 7.62. The molecular formula is C21H18ClN5O2S. The second kappa shape index (κ2) is 8.98. The number of anilines is 2. The zero-order chi connectivity index (χ0) is 20.9. The normalized spacial score (nSPS) is 11.1. The zero-order valence-electron chi connectivity index (χ0n) is 16.0. The summed E-state index contributed by atoms with van der Waals surface area (Å²) in [6, 6.07) is 15.0. The van der Waals surface area contributed by atoms with Crippen LogP contribution in [-0.2, 0) is 6.61 Å². The molecule has 0 amide bonds. The first-order chi connectivity index (χ1) is 14.6. The number of aryl methyl sites for hydroxylation is 1. The highest BCUT2D eigenvalue weighted by atomic mass is 35.5. The highest BCUT2D eigenvalue weighted by molar-refractivity contribution is 7.14. The SMILES string of the molecule is Cc1oc(-c2ccccc2Cl)nc1COc1ccccc1C=NNc1nc(N)cs1. The monoisotopic (exact) mass is 439 g/mol. The number of nitrogens with zero attached hydrogens (tertiary/aromatic N) is 3. The van der Waals surface area contributed by atoms with E-state index in [9.17, 15) is 0 Å². The molecule has 0 aliphatic heterocycles. The van der Waals surface area contributed by atoms with Crippen molar-refractivity contribution in [1.82, 2.24) is 9.97 Å². The van der Waals surface area contributed by atoms with E-state index in [1.165, 1.54) is 11.3 Å². The molecule has 4 aromatic rings. The molecule has 30 heavy (non-hydrogen) atoms. The van der Waals surface area contributed by atoms with Crippen molar-refractivity contribution >= 4 is 40.1 Å². The van der Waals surface area contributed by atoms with E-state index in [1.54, 1.807) is 17.7 Å². The van der Waals surface area contributed by atoms with Gasteiger partial charge in [-0.25, -0.2) is 9.97 Å². The second-order valence-corrected chi connectivity index (χ2v) is 7.54. The first-order valence-corrected chi connectivity index (χ1v) is 10.3. The van der Waals surface area contributed by atoms with E-state index in [1.807, 2.05) is 49.4 Å². The largest absolute Gasteiger partial charge is 0.486 e. The molecule has 2 aromatic heterocycles. The van der Waals surface area contributed by atoms with E-state index in [-0.39, 0.29) is 6.61 Å². The third kappa shape index (κ3) is 4.61. The lowest BCUT2D eigenvalue weighted by Gasteiger charge is -2.07. The van der Waals surface area contributed by atoms with Crippen molar-refractivity contribution < 1.29 is 9.15 Å². The first-order valence-electron chi connectivity index (χ1n) is 9.03. The molecule has 0 unspecified atom stereocenters. The standard InChI is InChI=1S/C21H18ClN5O2S/c1-13-17(25-20(29-13)15-7-3-4-8-16(15)22)11-28-18-9-5-2-6-14(18)10-24-27-21-26-19(23)12-30-21/h2-10,12H,11,23H2,1H3,(H,26,27). The van der Waals surface area contributed by atoms with Crippen molar-refractivity contribution in [1.29, 1.82) is 0 Å². The van der Waals surface area contributed by atoms with Gasteiger partial charge in [-0.2, -0.15) is 5.10 Å². The van der Waals surface area contributed by atoms with Gasteiger partial charge in [-0.05, 0) is 31.2 Å². The molecule has 0 atom stereocenters. The number of hydrazone groups is 1. The summed E-state index contributed by atoms with van der Waals surface area (Å²) in [4.78, 5) is 8.64. The van der Waals surface area contributed by atoms with E-state index in [2.05, 4.69) is 20.5 Å². The number of ether oxygens (including phenoxy) is 1. The predicted molar refractivity (Wildman–Crippen MR) is 120 cm³/mol. The van der Waals surface area contributed by atoms with Gasteiger partial charge < -0.3 is 14.9 Å². The Balaban J connectivity index is 1.46. The number of rotatable bonds is 7. The summed E-state index contributed by atoms with van der Waals surface area (Å²) in [6.45, 7) is 2.10. The van der Waals surface area contributed by atoms with E-state index in [4.69, 9.17) is 26.5 Å². The van der Waals surface area contributed by atoms with Crippen LogP contribution in [0.5, 0.6) is 5.75 Å². The molecule has 2 heterocycles. The molecule has 0 radical (unpaired) electrons. The number of hydrogen-bond donors (Lipinski definition) is 2. The van der Waals surface area contributed by atoms with Gasteiger partial charge in [-0.3, -0.25) is 5.43 Å². The second-order valence-electron chi connectivity index (χ2n) is 6.28. The van der Waals surface area contributed by atoms with Crippen molar-refractivity contribution in [2.45, 2.75) is 13.5 Å². The third-order valence-electron chi connectivity index (χ3n) is 4.17. The van der Waals surface area contributed by atoms with E-state index in [0.717, 1.165) is 11.1 Å². The Hall–Kier alpha value is -3.36. The van der Waals surface area contributed by atoms with Gasteiger partial charge in [0.2, 0.25) is 11.0 Å². The number of hydrogen-bond acceptors (Lipinski definition) is 8. The maximum atomic E-state index is 6.25. The molecule has 4 rings (SSSR count). The number of thiazole rings is 1. The Bertz CT molecular complexity index is 1190. The molecule has 152 valence electrons. The van der Waals surface area contributed by atoms with Gasteiger partial charge in [0.05, 0.1) is 16.8 Å². The number of halogens is 1. The van der Waals surface area contributed by atoms with Crippen molar-refractivity contribution in [2.75, 3.05) is 11.2 Å². The summed E-state index contributed by atoms with van der Waals surface area (Å²) in [5, 5.41) is 7.15. The van der Waals surface area contributed by atoms with E-state index in [0.29, 0.717) is 39.1 Å². The smallest absolute Gasteiger partial charge is 0.228 e. The molecule has 0 bridgehead atoms. The van der Waals surface area contributed by atoms with Crippen LogP contribution in [0.3, 0.4) is 0 Å². The van der Waals surface area contributed by atoms with Crippen LogP contribution in [0.15, 0.2) is 63.4 Å². The molecule has 9 heteroatoms. The Morgan fingerprint density at radius 3 is 2.80 bits per heavy atom. The fourth-order valence-corrected chi connectivity index (χ4v) is 3.44. The summed E-state index contributed by atoms with van der Waals surface area (Å²) in [5.41, 5.74) is 10.7. The minimum Gasteiger partial charge on any atom is -0.486 e. The summed E-state index contributed by atoms with van der Waals surface area (Å²) in [7, 11) is 0. The number of aromatic nitrogens is 2. The van der Waals surface area contributed by atoms with Crippen molar-refractivity contribution in [3.8, 4) is 17.2 Å². The quantitative estimate of drug-likeness (QED) is 0.297. The van der Waals surface area contributed by atoms with Gasteiger partial charge >= 0.3 is 0 Å². The number of nitrogen functional groups attached to an aromatic ring is 1. The van der Waals surface area contributed by atoms with Crippen molar-refractivity contribution in [3.05, 3.63) is 76.0 Å².